The van der Waals surface area contributed by atoms with Crippen LogP contribution in [0.15, 0.2) is 29.1 Å². The van der Waals surface area contributed by atoms with Gasteiger partial charge in [-0.3, -0.25) is 14.7 Å². The zero-order valence-electron chi connectivity index (χ0n) is 12.2. The highest BCUT2D eigenvalue weighted by Crippen LogP contribution is 2.30. The van der Waals surface area contributed by atoms with Crippen molar-refractivity contribution in [3.63, 3.8) is 0 Å². The van der Waals surface area contributed by atoms with Gasteiger partial charge in [0.1, 0.15) is 5.75 Å². The van der Waals surface area contributed by atoms with Crippen molar-refractivity contribution in [1.82, 2.24) is 10.2 Å². The maximum atomic E-state index is 12.0. The van der Waals surface area contributed by atoms with Crippen molar-refractivity contribution in [2.45, 2.75) is 19.3 Å². The number of aromatic amines is 2. The van der Waals surface area contributed by atoms with Gasteiger partial charge in [0.2, 0.25) is 0 Å². The highest BCUT2D eigenvalue weighted by Gasteiger charge is 2.24. The van der Waals surface area contributed by atoms with E-state index >= 15 is 0 Å². The molecule has 0 amide bonds. The van der Waals surface area contributed by atoms with E-state index in [1.165, 1.54) is 7.11 Å². The van der Waals surface area contributed by atoms with Crippen molar-refractivity contribution in [3.8, 4) is 5.75 Å². The van der Waals surface area contributed by atoms with E-state index in [9.17, 15) is 9.59 Å². The predicted octanol–water partition coefficient (Wildman–Crippen LogP) is 1.72. The first-order valence-electron chi connectivity index (χ1n) is 6.54. The molecule has 0 bridgehead atoms. The molecule has 0 fully saturated rings. The number of esters is 1. The molecule has 0 spiro atoms. The standard InChI is InChI=1S/C15H18N2O4/c1-9-14(15(19)17-16-9)12(8-13(18)21-3)10-5-4-6-11(7-10)20-2/h4-7,12H,8H2,1-3H3,(H2,16,17,19). The number of hydrogen-bond donors (Lipinski definition) is 2. The Kier molecular flexibility index (Phi) is 4.47. The first-order chi connectivity index (χ1) is 10.1. The van der Waals surface area contributed by atoms with Gasteiger partial charge in [0.15, 0.2) is 0 Å². The molecule has 6 nitrogen and oxygen atoms in total. The van der Waals surface area contributed by atoms with Crippen molar-refractivity contribution >= 4 is 5.97 Å². The van der Waals surface area contributed by atoms with Crippen molar-refractivity contribution in [1.29, 1.82) is 0 Å². The van der Waals surface area contributed by atoms with Crippen LogP contribution in [-0.4, -0.2) is 30.4 Å². The number of aryl methyl sites for hydroxylation is 1. The number of hydrogen-bond acceptors (Lipinski definition) is 4. The molecule has 2 aromatic rings. The van der Waals surface area contributed by atoms with E-state index in [1.54, 1.807) is 14.0 Å². The van der Waals surface area contributed by atoms with E-state index in [-0.39, 0.29) is 23.9 Å². The van der Waals surface area contributed by atoms with E-state index in [0.29, 0.717) is 17.0 Å². The van der Waals surface area contributed by atoms with E-state index in [2.05, 4.69) is 10.2 Å². The first-order valence-corrected chi connectivity index (χ1v) is 6.54. The van der Waals surface area contributed by atoms with E-state index in [1.807, 2.05) is 24.3 Å². The van der Waals surface area contributed by atoms with Gasteiger partial charge in [0, 0.05) is 17.2 Å². The second-order valence-electron chi connectivity index (χ2n) is 4.73. The number of H-pyrrole nitrogens is 2. The molecule has 112 valence electrons. The largest absolute Gasteiger partial charge is 0.497 e. The fourth-order valence-electron chi connectivity index (χ4n) is 2.37. The Morgan fingerprint density at radius 2 is 2.05 bits per heavy atom. The molecular formula is C15H18N2O4. The highest BCUT2D eigenvalue weighted by atomic mass is 16.5. The van der Waals surface area contributed by atoms with E-state index < -0.39 is 0 Å². The third-order valence-electron chi connectivity index (χ3n) is 3.46. The summed E-state index contributed by atoms with van der Waals surface area (Å²) in [5, 5.41) is 5.33. The molecule has 0 saturated carbocycles. The Labute approximate surface area is 122 Å². The zero-order chi connectivity index (χ0) is 15.4. The number of aromatic nitrogens is 2. The highest BCUT2D eigenvalue weighted by molar-refractivity contribution is 5.71. The van der Waals surface area contributed by atoms with Gasteiger partial charge in [-0.05, 0) is 24.6 Å². The Morgan fingerprint density at radius 3 is 2.62 bits per heavy atom. The van der Waals surface area contributed by atoms with E-state index in [4.69, 9.17) is 9.47 Å². The van der Waals surface area contributed by atoms with Crippen molar-refractivity contribution in [2.75, 3.05) is 14.2 Å². The molecule has 0 radical (unpaired) electrons. The summed E-state index contributed by atoms with van der Waals surface area (Å²) in [6.45, 7) is 1.79. The Balaban J connectivity index is 2.50. The average molecular weight is 290 g/mol. The van der Waals surface area contributed by atoms with Crippen LogP contribution < -0.4 is 10.3 Å². The summed E-state index contributed by atoms with van der Waals surface area (Å²) in [4.78, 5) is 23.7. The maximum Gasteiger partial charge on any atom is 0.306 e. The van der Waals surface area contributed by atoms with Gasteiger partial charge in [0.25, 0.3) is 5.56 Å². The number of benzene rings is 1. The average Bonchev–Trinajstić information content (AvgIpc) is 2.83. The van der Waals surface area contributed by atoms with Gasteiger partial charge in [-0.25, -0.2) is 0 Å². The summed E-state index contributed by atoms with van der Waals surface area (Å²) in [6, 6.07) is 7.32. The maximum absolute atomic E-state index is 12.0. The second kappa shape index (κ2) is 6.30. The number of nitrogens with one attached hydrogen (secondary N) is 2. The molecule has 1 heterocycles. The van der Waals surface area contributed by atoms with Crippen LogP contribution in [0.2, 0.25) is 0 Å². The fourth-order valence-corrected chi connectivity index (χ4v) is 2.37. The summed E-state index contributed by atoms with van der Waals surface area (Å²) in [6.07, 6.45) is 0.0887. The molecule has 1 aromatic carbocycles. The molecule has 0 saturated heterocycles. The molecule has 6 heteroatoms. The molecule has 0 aliphatic carbocycles. The normalized spacial score (nSPS) is 12.0. The third kappa shape index (κ3) is 3.16. The molecule has 2 rings (SSSR count). The first kappa shape index (κ1) is 14.9. The number of carbonyl (C=O) groups is 1. The third-order valence-corrected chi connectivity index (χ3v) is 3.46. The second-order valence-corrected chi connectivity index (χ2v) is 4.73. The monoisotopic (exact) mass is 290 g/mol. The number of carbonyl (C=O) groups excluding carboxylic acids is 1. The lowest BCUT2D eigenvalue weighted by Crippen LogP contribution is -2.17. The number of ether oxygens (including phenoxy) is 2. The lowest BCUT2D eigenvalue weighted by atomic mass is 9.88. The number of methoxy groups -OCH3 is 2. The predicted molar refractivity (Wildman–Crippen MR) is 77.6 cm³/mol. The van der Waals surface area contributed by atoms with Crippen LogP contribution in [0.3, 0.4) is 0 Å². The summed E-state index contributed by atoms with van der Waals surface area (Å²) < 4.78 is 9.95. The van der Waals surface area contributed by atoms with Crippen molar-refractivity contribution < 1.29 is 14.3 Å². The zero-order valence-corrected chi connectivity index (χ0v) is 12.2. The minimum absolute atomic E-state index is 0.0887. The SMILES string of the molecule is COC(=O)CC(c1cccc(OC)c1)c1c(C)[nH][nH]c1=O. The Morgan fingerprint density at radius 1 is 1.29 bits per heavy atom. The van der Waals surface area contributed by atoms with Gasteiger partial charge in [-0.1, -0.05) is 12.1 Å². The molecule has 21 heavy (non-hydrogen) atoms. The number of rotatable bonds is 5. The fraction of sp³-hybridized carbons (Fsp3) is 0.333. The topological polar surface area (TPSA) is 84.2 Å². The van der Waals surface area contributed by atoms with Gasteiger partial charge < -0.3 is 14.6 Å². The summed E-state index contributed by atoms with van der Waals surface area (Å²) in [7, 11) is 2.90. The van der Waals surface area contributed by atoms with Crippen LogP contribution in [0.1, 0.15) is 29.2 Å². The Bertz CT molecular complexity index is 687. The lowest BCUT2D eigenvalue weighted by Gasteiger charge is -2.16. The molecular weight excluding hydrogens is 272 g/mol. The summed E-state index contributed by atoms with van der Waals surface area (Å²) in [5.41, 5.74) is 1.84. The van der Waals surface area contributed by atoms with Crippen LogP contribution in [0.5, 0.6) is 5.75 Å². The lowest BCUT2D eigenvalue weighted by molar-refractivity contribution is -0.140. The smallest absolute Gasteiger partial charge is 0.306 e. The van der Waals surface area contributed by atoms with E-state index in [0.717, 1.165) is 5.56 Å². The van der Waals surface area contributed by atoms with Gasteiger partial charge >= 0.3 is 5.97 Å². The van der Waals surface area contributed by atoms with Crippen molar-refractivity contribution in [3.05, 3.63) is 51.4 Å². The molecule has 0 aliphatic rings. The quantitative estimate of drug-likeness (QED) is 0.821. The minimum atomic E-state index is -0.387. The summed E-state index contributed by atoms with van der Waals surface area (Å²) >= 11 is 0. The van der Waals surface area contributed by atoms with Crippen molar-refractivity contribution in [2.24, 2.45) is 0 Å². The molecule has 1 unspecified atom stereocenters. The molecule has 0 aliphatic heterocycles. The minimum Gasteiger partial charge on any atom is -0.497 e. The van der Waals surface area contributed by atoms with Gasteiger partial charge in [-0.2, -0.15) is 0 Å². The molecule has 1 atom stereocenters. The van der Waals surface area contributed by atoms with Crippen LogP contribution in [0.4, 0.5) is 0 Å². The summed E-state index contributed by atoms with van der Waals surface area (Å²) in [5.74, 6) is -0.0858. The van der Waals surface area contributed by atoms with Crippen LogP contribution in [0.25, 0.3) is 0 Å². The molecule has 2 N–H and O–H groups in total. The van der Waals surface area contributed by atoms with Crippen LogP contribution in [-0.2, 0) is 9.53 Å². The van der Waals surface area contributed by atoms with Gasteiger partial charge in [-0.15, -0.1) is 0 Å². The molecule has 1 aromatic heterocycles. The Hall–Kier alpha value is -2.50. The van der Waals surface area contributed by atoms with Gasteiger partial charge in [0.05, 0.1) is 20.6 Å². The van der Waals surface area contributed by atoms with Crippen LogP contribution in [0, 0.1) is 6.92 Å². The van der Waals surface area contributed by atoms with Crippen LogP contribution >= 0.6 is 0 Å².